The fourth-order valence-corrected chi connectivity index (χ4v) is 10.0. The molecule has 1 saturated heterocycles. The number of hydrogen-bond acceptors (Lipinski definition) is 5. The lowest BCUT2D eigenvalue weighted by atomic mass is 9.37. The van der Waals surface area contributed by atoms with Crippen molar-refractivity contribution in [2.45, 2.75) is 6.42 Å². The first kappa shape index (κ1) is 11.7. The van der Waals surface area contributed by atoms with E-state index in [9.17, 15) is 19.2 Å². The second kappa shape index (κ2) is 2.74. The van der Waals surface area contributed by atoms with Gasteiger partial charge in [-0.1, -0.05) is 12.2 Å². The van der Waals surface area contributed by atoms with Gasteiger partial charge in [0.25, 0.3) is 0 Å². The molecule has 6 saturated carbocycles. The summed E-state index contributed by atoms with van der Waals surface area (Å²) in [5.41, 5.74) is -1.37. The third-order valence-corrected chi connectivity index (χ3v) is 9.86. The predicted molar refractivity (Wildman–Crippen MR) is 74.6 cm³/mol. The van der Waals surface area contributed by atoms with Gasteiger partial charge in [0.05, 0.1) is 22.7 Å². The molecule has 0 aromatic rings. The number of esters is 2. The number of rotatable bonds is 0. The smallest absolute Gasteiger partial charge is 0.318 e. The highest BCUT2D eigenvalue weighted by Gasteiger charge is 2.99. The van der Waals surface area contributed by atoms with Gasteiger partial charge in [-0.25, -0.2) is 0 Å². The van der Waals surface area contributed by atoms with Crippen LogP contribution in [0.15, 0.2) is 12.2 Å². The highest BCUT2D eigenvalue weighted by Crippen LogP contribution is 2.94. The zero-order valence-electron chi connectivity index (χ0n) is 12.7. The summed E-state index contributed by atoms with van der Waals surface area (Å²) in [7, 11) is 0. The van der Waals surface area contributed by atoms with Gasteiger partial charge in [0.1, 0.15) is 11.6 Å². The molecule has 9 rings (SSSR count). The lowest BCUT2D eigenvalue weighted by Gasteiger charge is -2.62. The normalized spacial score (nSPS) is 70.3. The monoisotopic (exact) mass is 322 g/mol. The molecule has 9 aliphatic rings. The average Bonchev–Trinajstić information content (AvgIpc) is 3.15. The molecular formula is C19H14O5. The van der Waals surface area contributed by atoms with Gasteiger partial charge in [0.15, 0.2) is 0 Å². The zero-order chi connectivity index (χ0) is 15.9. The van der Waals surface area contributed by atoms with E-state index in [4.69, 9.17) is 4.74 Å². The number of hydrogen-bond donors (Lipinski definition) is 0. The zero-order valence-corrected chi connectivity index (χ0v) is 12.7. The lowest BCUT2D eigenvalue weighted by Crippen LogP contribution is -2.69. The van der Waals surface area contributed by atoms with E-state index in [1.54, 1.807) is 0 Å². The van der Waals surface area contributed by atoms with Crippen LogP contribution in [0.1, 0.15) is 6.42 Å². The Morgan fingerprint density at radius 1 is 0.750 bits per heavy atom. The summed E-state index contributed by atoms with van der Waals surface area (Å²) >= 11 is 0. The molecule has 0 N–H and O–H groups in total. The molecule has 0 aromatic carbocycles. The minimum absolute atomic E-state index is 0.0764. The molecule has 7 fully saturated rings. The highest BCUT2D eigenvalue weighted by atomic mass is 16.6. The maximum Gasteiger partial charge on any atom is 0.318 e. The number of carbonyl (C=O) groups is 4. The van der Waals surface area contributed by atoms with E-state index in [0.717, 1.165) is 6.42 Å². The Balaban J connectivity index is 1.53. The quantitative estimate of drug-likeness (QED) is 0.366. The number of ether oxygens (including phenoxy) is 1. The van der Waals surface area contributed by atoms with Gasteiger partial charge in [0, 0.05) is 23.7 Å². The minimum Gasteiger partial charge on any atom is -0.393 e. The van der Waals surface area contributed by atoms with Gasteiger partial charge in [-0.2, -0.15) is 0 Å². The molecule has 8 aliphatic carbocycles. The number of carbonyl (C=O) groups excluding carboxylic acids is 4. The summed E-state index contributed by atoms with van der Waals surface area (Å²) in [4.78, 5) is 51.9. The standard InChI is InChI=1S/C19H14O5/c20-14-12-8-6-3-7-9(8)13(12)15(21)19(7)5-2-1-4(18(6,14)19)10-11(5)17(23)24-16(10)22/h1-2,4-13H,3H2/t4-,5+,6+,7-,8+,9-,10+,11-,12+,13-,18+,19-. The van der Waals surface area contributed by atoms with E-state index in [0.29, 0.717) is 11.8 Å². The Labute approximate surface area is 136 Å². The molecule has 1 heterocycles. The van der Waals surface area contributed by atoms with Gasteiger partial charge in [-0.3, -0.25) is 19.2 Å². The summed E-state index contributed by atoms with van der Waals surface area (Å²) < 4.78 is 4.99. The Hall–Kier alpha value is -1.78. The summed E-state index contributed by atoms with van der Waals surface area (Å²) in [6, 6.07) is 0. The van der Waals surface area contributed by atoms with Crippen LogP contribution in [-0.4, -0.2) is 23.5 Å². The first-order valence-electron chi connectivity index (χ1n) is 9.10. The van der Waals surface area contributed by atoms with E-state index in [-0.39, 0.29) is 47.1 Å². The van der Waals surface area contributed by atoms with E-state index in [1.165, 1.54) is 0 Å². The van der Waals surface area contributed by atoms with Crippen molar-refractivity contribution in [2.75, 3.05) is 0 Å². The molecule has 5 nitrogen and oxygen atoms in total. The Morgan fingerprint density at radius 3 is 1.67 bits per heavy atom. The van der Waals surface area contributed by atoms with Crippen LogP contribution >= 0.6 is 0 Å². The molecule has 12 atom stereocenters. The molecule has 5 heteroatoms. The first-order valence-corrected chi connectivity index (χ1v) is 9.10. The Bertz CT molecular complexity index is 831. The molecule has 120 valence electrons. The highest BCUT2D eigenvalue weighted by molar-refractivity contribution is 6.14. The van der Waals surface area contributed by atoms with Gasteiger partial charge in [-0.05, 0) is 30.1 Å². The molecule has 0 radical (unpaired) electrons. The largest absolute Gasteiger partial charge is 0.393 e. The Kier molecular flexibility index (Phi) is 1.34. The van der Waals surface area contributed by atoms with Crippen molar-refractivity contribution in [1.82, 2.24) is 0 Å². The molecule has 0 aromatic heterocycles. The number of cyclic esters (lactones) is 2. The fraction of sp³-hybridized carbons (Fsp3) is 0.684. The van der Waals surface area contributed by atoms with E-state index in [1.807, 2.05) is 12.2 Å². The molecular weight excluding hydrogens is 308 g/mol. The van der Waals surface area contributed by atoms with Crippen LogP contribution < -0.4 is 0 Å². The molecule has 0 amide bonds. The summed E-state index contributed by atoms with van der Waals surface area (Å²) in [5, 5.41) is 0. The summed E-state index contributed by atoms with van der Waals surface area (Å²) in [6.07, 6.45) is 4.95. The molecule has 1 aliphatic heterocycles. The van der Waals surface area contributed by atoms with E-state index >= 15 is 0 Å². The topological polar surface area (TPSA) is 77.5 Å². The summed E-state index contributed by atoms with van der Waals surface area (Å²) in [5.74, 6) is -0.954. The van der Waals surface area contributed by atoms with Crippen LogP contribution in [0.3, 0.4) is 0 Å². The maximum absolute atomic E-state index is 13.5. The molecule has 24 heavy (non-hydrogen) atoms. The van der Waals surface area contributed by atoms with Crippen LogP contribution in [0.2, 0.25) is 0 Å². The van der Waals surface area contributed by atoms with Crippen molar-refractivity contribution in [2.24, 2.45) is 70.0 Å². The number of fused-ring (bicyclic) bond motifs is 1. The fourth-order valence-electron chi connectivity index (χ4n) is 10.0. The molecule has 0 unspecified atom stereocenters. The molecule has 4 bridgehead atoms. The second-order valence-electron chi connectivity index (χ2n) is 9.35. The lowest BCUT2D eigenvalue weighted by molar-refractivity contribution is -0.183. The average molecular weight is 322 g/mol. The van der Waals surface area contributed by atoms with Crippen LogP contribution in [0.25, 0.3) is 0 Å². The number of allylic oxidation sites excluding steroid dienone is 2. The van der Waals surface area contributed by atoms with Crippen molar-refractivity contribution in [3.8, 4) is 0 Å². The SMILES string of the molecule is O=C1OC(=O)[C@H]2[C@@H]1[C@H]1C=C[C@@H]2[C@@]23C(=O)[C@H]4[C@H]5C(=O)[C@@]12[C@H]1C[C@@H]3[C@@H]4[C@@H]51. The summed E-state index contributed by atoms with van der Waals surface area (Å²) in [6.45, 7) is 0. The third kappa shape index (κ3) is 0.638. The minimum atomic E-state index is -0.683. The van der Waals surface area contributed by atoms with Crippen LogP contribution in [0, 0.1) is 70.0 Å². The second-order valence-corrected chi connectivity index (χ2v) is 9.35. The third-order valence-electron chi connectivity index (χ3n) is 9.86. The maximum atomic E-state index is 13.5. The van der Waals surface area contributed by atoms with Crippen molar-refractivity contribution in [1.29, 1.82) is 0 Å². The first-order chi connectivity index (χ1) is 11.6. The van der Waals surface area contributed by atoms with E-state index in [2.05, 4.69) is 0 Å². The van der Waals surface area contributed by atoms with Crippen molar-refractivity contribution in [3.05, 3.63) is 12.2 Å². The molecule has 2 spiro atoms. The van der Waals surface area contributed by atoms with Crippen LogP contribution in [-0.2, 0) is 23.9 Å². The predicted octanol–water partition coefficient (Wildman–Crippen LogP) is 0.384. The van der Waals surface area contributed by atoms with Gasteiger partial charge >= 0.3 is 11.9 Å². The van der Waals surface area contributed by atoms with Crippen molar-refractivity contribution >= 4 is 23.5 Å². The Morgan fingerprint density at radius 2 is 1.21 bits per heavy atom. The van der Waals surface area contributed by atoms with Crippen molar-refractivity contribution < 1.29 is 23.9 Å². The van der Waals surface area contributed by atoms with Gasteiger partial charge in [0.2, 0.25) is 0 Å². The van der Waals surface area contributed by atoms with Crippen LogP contribution in [0.5, 0.6) is 0 Å². The van der Waals surface area contributed by atoms with Gasteiger partial charge in [-0.15, -0.1) is 0 Å². The van der Waals surface area contributed by atoms with Gasteiger partial charge < -0.3 is 4.74 Å². The van der Waals surface area contributed by atoms with Crippen molar-refractivity contribution in [3.63, 3.8) is 0 Å². The number of ketones is 2. The van der Waals surface area contributed by atoms with Crippen LogP contribution in [0.4, 0.5) is 0 Å². The number of Topliss-reactive ketones (excluding diaryl/α,β-unsaturated/α-hetero) is 2. The van der Waals surface area contributed by atoms with E-state index < -0.39 is 34.6 Å².